The van der Waals surface area contributed by atoms with Crippen LogP contribution in [-0.2, 0) is 13.2 Å². The number of rotatable bonds is 7. The van der Waals surface area contributed by atoms with Gasteiger partial charge in [0, 0.05) is 23.8 Å². The number of hydrogen-bond donors (Lipinski definition) is 1. The molecule has 1 aromatic carbocycles. The lowest BCUT2D eigenvalue weighted by molar-refractivity contribution is 0.293. The van der Waals surface area contributed by atoms with Crippen molar-refractivity contribution in [2.45, 2.75) is 27.0 Å². The molecule has 0 spiro atoms. The van der Waals surface area contributed by atoms with Gasteiger partial charge in [0.1, 0.15) is 6.61 Å². The van der Waals surface area contributed by atoms with E-state index in [0.29, 0.717) is 18.4 Å². The molecule has 4 heteroatoms. The van der Waals surface area contributed by atoms with Crippen molar-refractivity contribution in [2.75, 3.05) is 6.54 Å². The number of benzene rings is 1. The molecule has 1 N–H and O–H groups in total. The van der Waals surface area contributed by atoms with Gasteiger partial charge in [-0.05, 0) is 35.7 Å². The van der Waals surface area contributed by atoms with Crippen LogP contribution in [-0.4, -0.2) is 11.5 Å². The van der Waals surface area contributed by atoms with Gasteiger partial charge in [0.2, 0.25) is 5.88 Å². The maximum absolute atomic E-state index is 5.85. The van der Waals surface area contributed by atoms with Gasteiger partial charge in [0.25, 0.3) is 0 Å². The zero-order valence-corrected chi connectivity index (χ0v) is 13.2. The fourth-order valence-corrected chi connectivity index (χ4v) is 1.97. The van der Waals surface area contributed by atoms with Gasteiger partial charge in [-0.15, -0.1) is 0 Å². The van der Waals surface area contributed by atoms with Crippen LogP contribution in [0.1, 0.15) is 25.0 Å². The Balaban J connectivity index is 1.80. The number of pyridine rings is 1. The lowest BCUT2D eigenvalue weighted by Crippen LogP contribution is -2.18. The molecule has 0 atom stereocenters. The second-order valence-corrected chi connectivity index (χ2v) is 5.88. The summed E-state index contributed by atoms with van der Waals surface area (Å²) in [5.74, 6) is 1.29. The Hall–Kier alpha value is -1.58. The Kier molecular flexibility index (Phi) is 6.03. The maximum atomic E-state index is 5.85. The predicted octanol–water partition coefficient (Wildman–Crippen LogP) is 4.06. The summed E-state index contributed by atoms with van der Waals surface area (Å²) in [5.41, 5.74) is 2.23. The Morgan fingerprint density at radius 2 is 1.81 bits per heavy atom. The van der Waals surface area contributed by atoms with E-state index in [1.54, 1.807) is 0 Å². The van der Waals surface area contributed by atoms with Crippen LogP contribution in [0.3, 0.4) is 0 Å². The summed E-state index contributed by atoms with van der Waals surface area (Å²) in [6.07, 6.45) is 1.85. The average Bonchev–Trinajstić information content (AvgIpc) is 2.48. The predicted molar refractivity (Wildman–Crippen MR) is 86.6 cm³/mol. The van der Waals surface area contributed by atoms with Crippen molar-refractivity contribution in [3.63, 3.8) is 0 Å². The number of aromatic nitrogens is 1. The monoisotopic (exact) mass is 304 g/mol. The van der Waals surface area contributed by atoms with Crippen molar-refractivity contribution >= 4 is 11.6 Å². The number of halogens is 1. The van der Waals surface area contributed by atoms with Crippen molar-refractivity contribution in [1.29, 1.82) is 0 Å². The third-order valence-corrected chi connectivity index (χ3v) is 3.23. The first kappa shape index (κ1) is 15.8. The summed E-state index contributed by atoms with van der Waals surface area (Å²) in [5, 5.41) is 4.12. The van der Waals surface area contributed by atoms with Crippen LogP contribution in [0.15, 0.2) is 42.6 Å². The lowest BCUT2D eigenvalue weighted by atomic mass is 10.2. The molecule has 0 saturated carbocycles. The van der Waals surface area contributed by atoms with E-state index in [1.165, 1.54) is 0 Å². The first-order chi connectivity index (χ1) is 10.1. The highest BCUT2D eigenvalue weighted by atomic mass is 35.5. The molecule has 1 aromatic heterocycles. The first-order valence-electron chi connectivity index (χ1n) is 7.16. The number of hydrogen-bond acceptors (Lipinski definition) is 3. The SMILES string of the molecule is CC(C)CNCc1ccc(OCc2ccc(Cl)cc2)nc1. The molecule has 0 amide bonds. The van der Waals surface area contributed by atoms with Crippen LogP contribution in [0, 0.1) is 5.92 Å². The Morgan fingerprint density at radius 3 is 2.43 bits per heavy atom. The number of nitrogens with one attached hydrogen (secondary N) is 1. The van der Waals surface area contributed by atoms with Crippen LogP contribution < -0.4 is 10.1 Å². The average molecular weight is 305 g/mol. The van der Waals surface area contributed by atoms with E-state index in [9.17, 15) is 0 Å². The largest absolute Gasteiger partial charge is 0.473 e. The van der Waals surface area contributed by atoms with Crippen molar-refractivity contribution in [3.05, 3.63) is 58.7 Å². The molecule has 1 heterocycles. The fraction of sp³-hybridized carbons (Fsp3) is 0.353. The van der Waals surface area contributed by atoms with E-state index in [2.05, 4.69) is 24.1 Å². The minimum atomic E-state index is 0.495. The number of ether oxygens (including phenoxy) is 1. The van der Waals surface area contributed by atoms with Crippen molar-refractivity contribution < 1.29 is 4.74 Å². The quantitative estimate of drug-likeness (QED) is 0.837. The van der Waals surface area contributed by atoms with E-state index in [4.69, 9.17) is 16.3 Å². The molecule has 0 aliphatic carbocycles. The van der Waals surface area contributed by atoms with Gasteiger partial charge < -0.3 is 10.1 Å². The molecule has 0 radical (unpaired) electrons. The van der Waals surface area contributed by atoms with Crippen molar-refractivity contribution in [1.82, 2.24) is 10.3 Å². The Morgan fingerprint density at radius 1 is 1.10 bits per heavy atom. The molecule has 0 aliphatic heterocycles. The molecule has 0 saturated heterocycles. The van der Waals surface area contributed by atoms with Gasteiger partial charge in [-0.1, -0.05) is 43.6 Å². The second-order valence-electron chi connectivity index (χ2n) is 5.44. The molecule has 0 fully saturated rings. The molecular formula is C17H21ClN2O. The highest BCUT2D eigenvalue weighted by molar-refractivity contribution is 6.30. The van der Waals surface area contributed by atoms with Gasteiger partial charge in [-0.25, -0.2) is 4.98 Å². The van der Waals surface area contributed by atoms with E-state index >= 15 is 0 Å². The molecule has 0 unspecified atom stereocenters. The normalized spacial score (nSPS) is 10.9. The van der Waals surface area contributed by atoms with E-state index < -0.39 is 0 Å². The summed E-state index contributed by atoms with van der Waals surface area (Å²) in [4.78, 5) is 4.32. The van der Waals surface area contributed by atoms with E-state index in [1.807, 2.05) is 42.6 Å². The highest BCUT2D eigenvalue weighted by Crippen LogP contribution is 2.13. The number of nitrogens with zero attached hydrogens (tertiary/aromatic N) is 1. The highest BCUT2D eigenvalue weighted by Gasteiger charge is 2.00. The third kappa shape index (κ3) is 5.74. The molecule has 3 nitrogen and oxygen atoms in total. The van der Waals surface area contributed by atoms with Gasteiger partial charge in [-0.2, -0.15) is 0 Å². The van der Waals surface area contributed by atoms with Crippen molar-refractivity contribution in [3.8, 4) is 5.88 Å². The first-order valence-corrected chi connectivity index (χ1v) is 7.54. The smallest absolute Gasteiger partial charge is 0.213 e. The van der Waals surface area contributed by atoms with Crippen LogP contribution in [0.5, 0.6) is 5.88 Å². The van der Waals surface area contributed by atoms with Crippen LogP contribution in [0.25, 0.3) is 0 Å². The molecule has 0 bridgehead atoms. The van der Waals surface area contributed by atoms with Gasteiger partial charge in [-0.3, -0.25) is 0 Å². The zero-order valence-electron chi connectivity index (χ0n) is 12.5. The standard InChI is InChI=1S/C17H21ClN2O/c1-13(2)9-19-10-15-5-8-17(20-11-15)21-12-14-3-6-16(18)7-4-14/h3-8,11,13,19H,9-10,12H2,1-2H3. The molecule has 0 aliphatic rings. The van der Waals surface area contributed by atoms with Crippen LogP contribution >= 0.6 is 11.6 Å². The summed E-state index contributed by atoms with van der Waals surface area (Å²) >= 11 is 5.85. The summed E-state index contributed by atoms with van der Waals surface area (Å²) in [6.45, 7) is 6.73. The maximum Gasteiger partial charge on any atom is 0.213 e. The van der Waals surface area contributed by atoms with Gasteiger partial charge >= 0.3 is 0 Å². The topological polar surface area (TPSA) is 34.1 Å². The summed E-state index contributed by atoms with van der Waals surface area (Å²) < 4.78 is 5.66. The second kappa shape index (κ2) is 8.01. The van der Waals surface area contributed by atoms with Gasteiger partial charge in [0.05, 0.1) is 0 Å². The lowest BCUT2D eigenvalue weighted by Gasteiger charge is -2.08. The molecule has 2 aromatic rings. The van der Waals surface area contributed by atoms with Crippen LogP contribution in [0.4, 0.5) is 0 Å². The van der Waals surface area contributed by atoms with E-state index in [-0.39, 0.29) is 0 Å². The zero-order chi connectivity index (χ0) is 15.1. The minimum absolute atomic E-state index is 0.495. The molecular weight excluding hydrogens is 284 g/mol. The Bertz CT molecular complexity index is 538. The molecule has 112 valence electrons. The van der Waals surface area contributed by atoms with Crippen LogP contribution in [0.2, 0.25) is 5.02 Å². The minimum Gasteiger partial charge on any atom is -0.473 e. The third-order valence-electron chi connectivity index (χ3n) is 2.98. The van der Waals surface area contributed by atoms with E-state index in [0.717, 1.165) is 29.2 Å². The van der Waals surface area contributed by atoms with Crippen molar-refractivity contribution in [2.24, 2.45) is 5.92 Å². The molecule has 2 rings (SSSR count). The van der Waals surface area contributed by atoms with Gasteiger partial charge in [0.15, 0.2) is 0 Å². The summed E-state index contributed by atoms with van der Waals surface area (Å²) in [7, 11) is 0. The summed E-state index contributed by atoms with van der Waals surface area (Å²) in [6, 6.07) is 11.6. The fourth-order valence-electron chi connectivity index (χ4n) is 1.84. The molecule has 21 heavy (non-hydrogen) atoms. The Labute approximate surface area is 131 Å².